The topological polar surface area (TPSA) is 6.48 Å². The largest absolute Gasteiger partial charge is 0.296 e. The summed E-state index contributed by atoms with van der Waals surface area (Å²) in [6.07, 6.45) is 0. The Balaban J connectivity index is 2.72. The minimum absolute atomic E-state index is 0.0491. The summed E-state index contributed by atoms with van der Waals surface area (Å²) in [6.45, 7) is 15.7. The molecule has 0 spiro atoms. The summed E-state index contributed by atoms with van der Waals surface area (Å²) < 4.78 is 13.2. The van der Waals surface area contributed by atoms with Gasteiger partial charge in [0.25, 0.3) is 0 Å². The van der Waals surface area contributed by atoms with E-state index in [1.165, 1.54) is 0 Å². The molecule has 0 amide bonds. The van der Waals surface area contributed by atoms with Crippen LogP contribution in [0.4, 0.5) is 4.39 Å². The molecule has 0 aromatic heterocycles. The Morgan fingerprint density at radius 2 is 1.56 bits per heavy atom. The molecular formula is C13H27FN2. The third-order valence-corrected chi connectivity index (χ3v) is 3.47. The van der Waals surface area contributed by atoms with Crippen LogP contribution in [0.2, 0.25) is 0 Å². The van der Waals surface area contributed by atoms with Crippen LogP contribution in [0.3, 0.4) is 0 Å². The number of piperazine rings is 1. The fourth-order valence-electron chi connectivity index (χ4n) is 2.48. The van der Waals surface area contributed by atoms with E-state index in [0.717, 1.165) is 19.6 Å². The summed E-state index contributed by atoms with van der Waals surface area (Å²) in [7, 11) is 0. The van der Waals surface area contributed by atoms with E-state index in [0.29, 0.717) is 0 Å². The third-order valence-electron chi connectivity index (χ3n) is 3.47. The maximum absolute atomic E-state index is 13.2. The molecule has 0 aliphatic carbocycles. The van der Waals surface area contributed by atoms with E-state index in [9.17, 15) is 4.39 Å². The number of alkyl halides is 1. The van der Waals surface area contributed by atoms with Crippen molar-refractivity contribution >= 4 is 0 Å². The average molecular weight is 230 g/mol. The van der Waals surface area contributed by atoms with Crippen LogP contribution in [0, 0.1) is 0 Å². The van der Waals surface area contributed by atoms with Gasteiger partial charge in [-0.3, -0.25) is 9.80 Å². The molecule has 0 radical (unpaired) electrons. The van der Waals surface area contributed by atoms with E-state index in [2.05, 4.69) is 51.3 Å². The SMILES string of the molecule is CC(C)(C)N1CCN(C(C)(C)C)[C@@H](CF)C1. The molecule has 1 heterocycles. The Hall–Kier alpha value is -0.150. The molecule has 0 saturated carbocycles. The minimum Gasteiger partial charge on any atom is -0.296 e. The summed E-state index contributed by atoms with van der Waals surface area (Å²) in [4.78, 5) is 4.69. The molecule has 0 aromatic rings. The summed E-state index contributed by atoms with van der Waals surface area (Å²) in [6, 6.07) is 0.0491. The van der Waals surface area contributed by atoms with E-state index in [-0.39, 0.29) is 23.8 Å². The van der Waals surface area contributed by atoms with Gasteiger partial charge in [-0.2, -0.15) is 0 Å². The van der Waals surface area contributed by atoms with E-state index in [1.807, 2.05) is 0 Å². The lowest BCUT2D eigenvalue weighted by atomic mass is 9.97. The van der Waals surface area contributed by atoms with Crippen molar-refractivity contribution in [3.05, 3.63) is 0 Å². The van der Waals surface area contributed by atoms with Gasteiger partial charge in [-0.15, -0.1) is 0 Å². The normalized spacial score (nSPS) is 26.1. The molecular weight excluding hydrogens is 203 g/mol. The fraction of sp³-hybridized carbons (Fsp3) is 1.00. The van der Waals surface area contributed by atoms with Gasteiger partial charge in [-0.25, -0.2) is 4.39 Å². The van der Waals surface area contributed by atoms with Crippen LogP contribution >= 0.6 is 0 Å². The number of hydrogen-bond acceptors (Lipinski definition) is 2. The molecule has 2 nitrogen and oxygen atoms in total. The summed E-state index contributed by atoms with van der Waals surface area (Å²) >= 11 is 0. The molecule has 1 aliphatic heterocycles. The van der Waals surface area contributed by atoms with Crippen LogP contribution < -0.4 is 0 Å². The smallest absolute Gasteiger partial charge is 0.106 e. The van der Waals surface area contributed by atoms with E-state index >= 15 is 0 Å². The van der Waals surface area contributed by atoms with Gasteiger partial charge >= 0.3 is 0 Å². The lowest BCUT2D eigenvalue weighted by Gasteiger charge is -2.50. The highest BCUT2D eigenvalue weighted by Crippen LogP contribution is 2.25. The zero-order valence-electron chi connectivity index (χ0n) is 11.7. The van der Waals surface area contributed by atoms with Gasteiger partial charge in [0.15, 0.2) is 0 Å². The van der Waals surface area contributed by atoms with Crippen molar-refractivity contribution in [3.8, 4) is 0 Å². The molecule has 1 saturated heterocycles. The summed E-state index contributed by atoms with van der Waals surface area (Å²) in [5.41, 5.74) is 0.220. The standard InChI is InChI=1S/C13H27FN2/c1-12(2,3)15-7-8-16(13(4,5)6)11(9-14)10-15/h11H,7-10H2,1-6H3/t11-/m0/s1. The van der Waals surface area contributed by atoms with Crippen LogP contribution in [-0.2, 0) is 0 Å². The maximum atomic E-state index is 13.2. The zero-order valence-corrected chi connectivity index (χ0v) is 11.7. The van der Waals surface area contributed by atoms with Crippen molar-refractivity contribution < 1.29 is 4.39 Å². The van der Waals surface area contributed by atoms with Crippen LogP contribution in [0.5, 0.6) is 0 Å². The quantitative estimate of drug-likeness (QED) is 0.683. The van der Waals surface area contributed by atoms with Crippen molar-refractivity contribution in [1.82, 2.24) is 9.80 Å². The minimum atomic E-state index is -0.246. The van der Waals surface area contributed by atoms with Crippen LogP contribution in [0.25, 0.3) is 0 Å². The Bertz CT molecular complexity index is 227. The van der Waals surface area contributed by atoms with Gasteiger partial charge in [0.1, 0.15) is 6.67 Å². The first-order valence-electron chi connectivity index (χ1n) is 6.24. The van der Waals surface area contributed by atoms with Gasteiger partial charge in [0.05, 0.1) is 6.04 Å². The molecule has 1 aliphatic rings. The summed E-state index contributed by atoms with van der Waals surface area (Å²) in [5.74, 6) is 0. The molecule has 0 unspecified atom stereocenters. The molecule has 1 fully saturated rings. The molecule has 0 bridgehead atoms. The van der Waals surface area contributed by atoms with Crippen LogP contribution in [0.15, 0.2) is 0 Å². The number of halogens is 1. The highest BCUT2D eigenvalue weighted by molar-refractivity contribution is 4.92. The first kappa shape index (κ1) is 13.9. The van der Waals surface area contributed by atoms with Crippen molar-refractivity contribution in [2.24, 2.45) is 0 Å². The third kappa shape index (κ3) is 3.17. The van der Waals surface area contributed by atoms with Gasteiger partial charge < -0.3 is 0 Å². The number of nitrogens with zero attached hydrogens (tertiary/aromatic N) is 2. The first-order chi connectivity index (χ1) is 7.16. The Kier molecular flexibility index (Phi) is 4.01. The number of rotatable bonds is 1. The highest BCUT2D eigenvalue weighted by atomic mass is 19.1. The van der Waals surface area contributed by atoms with Crippen molar-refractivity contribution in [2.45, 2.75) is 58.7 Å². The molecule has 1 rings (SSSR count). The molecule has 1 atom stereocenters. The predicted octanol–water partition coefficient (Wildman–Crippen LogP) is 2.54. The number of hydrogen-bond donors (Lipinski definition) is 0. The van der Waals surface area contributed by atoms with Gasteiger partial charge in [-0.1, -0.05) is 0 Å². The van der Waals surface area contributed by atoms with Gasteiger partial charge in [-0.05, 0) is 41.5 Å². The van der Waals surface area contributed by atoms with Crippen LogP contribution in [-0.4, -0.2) is 53.2 Å². The first-order valence-corrected chi connectivity index (χ1v) is 6.24. The van der Waals surface area contributed by atoms with E-state index in [4.69, 9.17) is 0 Å². The zero-order chi connectivity index (χ0) is 12.6. The average Bonchev–Trinajstić information content (AvgIpc) is 2.14. The monoisotopic (exact) mass is 230 g/mol. The second kappa shape index (κ2) is 4.61. The lowest BCUT2D eigenvalue weighted by molar-refractivity contribution is -0.0295. The highest BCUT2D eigenvalue weighted by Gasteiger charge is 2.36. The molecule has 0 N–H and O–H groups in total. The van der Waals surface area contributed by atoms with Crippen molar-refractivity contribution in [2.75, 3.05) is 26.3 Å². The second-order valence-electron chi connectivity index (χ2n) is 6.79. The lowest BCUT2D eigenvalue weighted by Crippen LogP contribution is -2.63. The predicted molar refractivity (Wildman–Crippen MR) is 67.5 cm³/mol. The Morgan fingerprint density at radius 3 is 1.94 bits per heavy atom. The second-order valence-corrected chi connectivity index (χ2v) is 6.79. The van der Waals surface area contributed by atoms with E-state index in [1.54, 1.807) is 0 Å². The molecule has 96 valence electrons. The van der Waals surface area contributed by atoms with Crippen LogP contribution in [0.1, 0.15) is 41.5 Å². The molecule has 16 heavy (non-hydrogen) atoms. The van der Waals surface area contributed by atoms with E-state index < -0.39 is 0 Å². The summed E-state index contributed by atoms with van der Waals surface area (Å²) in [5, 5.41) is 0. The Labute approximate surface area is 99.8 Å². The molecule has 3 heteroatoms. The fourth-order valence-corrected chi connectivity index (χ4v) is 2.48. The molecule has 0 aromatic carbocycles. The van der Waals surface area contributed by atoms with Gasteiger partial charge in [0, 0.05) is 30.7 Å². The maximum Gasteiger partial charge on any atom is 0.106 e. The van der Waals surface area contributed by atoms with Crippen molar-refractivity contribution in [3.63, 3.8) is 0 Å². The van der Waals surface area contributed by atoms with Crippen molar-refractivity contribution in [1.29, 1.82) is 0 Å². The Morgan fingerprint density at radius 1 is 1.00 bits per heavy atom. The van der Waals surface area contributed by atoms with Gasteiger partial charge in [0.2, 0.25) is 0 Å².